The van der Waals surface area contributed by atoms with Gasteiger partial charge in [0.05, 0.1) is 5.69 Å². The van der Waals surface area contributed by atoms with Crippen LogP contribution in [0.1, 0.15) is 58.2 Å². The lowest BCUT2D eigenvalue weighted by atomic mass is 9.78. The molecule has 0 bridgehead atoms. The summed E-state index contributed by atoms with van der Waals surface area (Å²) in [6, 6.07) is 7.35. The van der Waals surface area contributed by atoms with Crippen LogP contribution in [0.5, 0.6) is 17.2 Å². The van der Waals surface area contributed by atoms with Gasteiger partial charge in [-0.3, -0.25) is 14.9 Å². The largest absolute Gasteiger partial charge is 0.507 e. The van der Waals surface area contributed by atoms with E-state index in [1.807, 2.05) is 41.5 Å². The van der Waals surface area contributed by atoms with Crippen LogP contribution in [-0.2, 0) is 20.4 Å². The van der Waals surface area contributed by atoms with Gasteiger partial charge in [-0.1, -0.05) is 41.5 Å². The second-order valence-electron chi connectivity index (χ2n) is 10.5. The molecule has 0 saturated carbocycles. The Morgan fingerprint density at radius 1 is 0.912 bits per heavy atom. The average Bonchev–Trinajstić information content (AvgIpc) is 3.18. The van der Waals surface area contributed by atoms with Crippen molar-refractivity contribution >= 4 is 29.6 Å². The van der Waals surface area contributed by atoms with Crippen LogP contribution in [0.3, 0.4) is 0 Å². The van der Waals surface area contributed by atoms with Crippen LogP contribution in [0.25, 0.3) is 6.08 Å². The number of aromatic hydroxyl groups is 1. The number of benzene rings is 2. The Bertz CT molecular complexity index is 1210. The van der Waals surface area contributed by atoms with E-state index in [9.17, 15) is 19.5 Å². The van der Waals surface area contributed by atoms with Crippen LogP contribution >= 0.6 is 0 Å². The fourth-order valence-corrected chi connectivity index (χ4v) is 3.97. The van der Waals surface area contributed by atoms with Gasteiger partial charge in [-0.2, -0.15) is 0 Å². The molecule has 8 nitrogen and oxygen atoms in total. The number of imide groups is 2. The molecule has 2 N–H and O–H groups in total. The lowest BCUT2D eigenvalue weighted by Crippen LogP contribution is -2.54. The zero-order chi connectivity index (χ0) is 25.0. The summed E-state index contributed by atoms with van der Waals surface area (Å²) in [5.41, 5.74) is 1.26. The van der Waals surface area contributed by atoms with Crippen LogP contribution in [0.15, 0.2) is 35.9 Å². The van der Waals surface area contributed by atoms with Gasteiger partial charge in [0.25, 0.3) is 11.8 Å². The minimum Gasteiger partial charge on any atom is -0.507 e. The lowest BCUT2D eigenvalue weighted by Gasteiger charge is -2.28. The van der Waals surface area contributed by atoms with Crippen molar-refractivity contribution in [1.82, 2.24) is 5.32 Å². The normalized spacial score (nSPS) is 17.4. The molecule has 8 heteroatoms. The highest BCUT2D eigenvalue weighted by Crippen LogP contribution is 2.41. The fraction of sp³-hybridized carbons (Fsp3) is 0.346. The monoisotopic (exact) mass is 464 g/mol. The molecule has 0 spiro atoms. The Labute approximate surface area is 198 Å². The van der Waals surface area contributed by atoms with E-state index in [2.05, 4.69) is 5.32 Å². The van der Waals surface area contributed by atoms with Gasteiger partial charge in [0.2, 0.25) is 6.79 Å². The number of fused-ring (bicyclic) bond motifs is 1. The molecular weight excluding hydrogens is 436 g/mol. The van der Waals surface area contributed by atoms with Crippen molar-refractivity contribution in [1.29, 1.82) is 0 Å². The predicted octanol–water partition coefficient (Wildman–Crippen LogP) is 4.38. The van der Waals surface area contributed by atoms with Crippen molar-refractivity contribution in [3.8, 4) is 17.2 Å². The highest BCUT2D eigenvalue weighted by Gasteiger charge is 2.38. The molecule has 2 aromatic rings. The average molecular weight is 465 g/mol. The number of nitrogens with one attached hydrogen (secondary N) is 1. The van der Waals surface area contributed by atoms with E-state index in [-0.39, 0.29) is 34.6 Å². The van der Waals surface area contributed by atoms with E-state index in [4.69, 9.17) is 9.47 Å². The summed E-state index contributed by atoms with van der Waals surface area (Å²) in [5.74, 6) is -0.429. The number of phenols is 1. The summed E-state index contributed by atoms with van der Waals surface area (Å²) in [7, 11) is 0. The number of hydrogen-bond donors (Lipinski definition) is 2. The number of phenolic OH excluding ortho intramolecular Hbond substituents is 1. The van der Waals surface area contributed by atoms with Gasteiger partial charge in [0.15, 0.2) is 11.5 Å². The summed E-state index contributed by atoms with van der Waals surface area (Å²) in [5, 5.41) is 13.2. The molecule has 2 aliphatic rings. The van der Waals surface area contributed by atoms with E-state index in [1.165, 1.54) is 12.1 Å². The third kappa shape index (κ3) is 4.11. The number of nitrogens with zero attached hydrogens (tertiary/aromatic N) is 1. The lowest BCUT2D eigenvalue weighted by molar-refractivity contribution is -0.122. The summed E-state index contributed by atoms with van der Waals surface area (Å²) in [4.78, 5) is 39.5. The number of amides is 4. The maximum absolute atomic E-state index is 13.3. The van der Waals surface area contributed by atoms with Crippen molar-refractivity contribution in [2.45, 2.75) is 52.4 Å². The molecule has 0 radical (unpaired) electrons. The Morgan fingerprint density at radius 2 is 1.50 bits per heavy atom. The molecule has 0 aliphatic carbocycles. The summed E-state index contributed by atoms with van der Waals surface area (Å²) < 4.78 is 10.6. The number of anilines is 1. The quantitative estimate of drug-likeness (QED) is 0.505. The van der Waals surface area contributed by atoms with Crippen molar-refractivity contribution in [2.24, 2.45) is 0 Å². The number of carbonyl (C=O) groups is 3. The Hall–Kier alpha value is -3.81. The first-order valence-electron chi connectivity index (χ1n) is 11.0. The van der Waals surface area contributed by atoms with Gasteiger partial charge in [0, 0.05) is 17.2 Å². The molecule has 0 atom stereocenters. The summed E-state index contributed by atoms with van der Waals surface area (Å²) in [6.45, 7) is 11.9. The van der Waals surface area contributed by atoms with Gasteiger partial charge < -0.3 is 14.6 Å². The van der Waals surface area contributed by atoms with Crippen molar-refractivity contribution in [3.63, 3.8) is 0 Å². The van der Waals surface area contributed by atoms with Crippen LogP contribution in [0, 0.1) is 0 Å². The highest BCUT2D eigenvalue weighted by atomic mass is 16.7. The van der Waals surface area contributed by atoms with Crippen LogP contribution in [0.2, 0.25) is 0 Å². The Kier molecular flexibility index (Phi) is 5.43. The van der Waals surface area contributed by atoms with Gasteiger partial charge in [-0.05, 0) is 46.7 Å². The first-order chi connectivity index (χ1) is 15.8. The number of barbiturate groups is 1. The van der Waals surface area contributed by atoms with Gasteiger partial charge >= 0.3 is 6.03 Å². The van der Waals surface area contributed by atoms with Gasteiger partial charge in [0.1, 0.15) is 11.3 Å². The molecule has 1 saturated heterocycles. The Morgan fingerprint density at radius 3 is 2.09 bits per heavy atom. The van der Waals surface area contributed by atoms with Gasteiger partial charge in [-0.15, -0.1) is 0 Å². The first kappa shape index (κ1) is 23.4. The van der Waals surface area contributed by atoms with E-state index < -0.39 is 17.8 Å². The first-order valence-corrected chi connectivity index (χ1v) is 11.0. The van der Waals surface area contributed by atoms with Crippen LogP contribution < -0.4 is 19.7 Å². The standard InChI is InChI=1S/C26H28N2O6/c1-25(2,3)17-10-14(11-18(21(17)29)26(4,5)6)9-16-22(30)27-24(32)28(23(16)31)15-7-8-19-20(12-15)34-13-33-19/h7-12,29H,13H2,1-6H3,(H,27,30,32)/b16-9+. The number of hydrogen-bond acceptors (Lipinski definition) is 6. The molecule has 2 heterocycles. The minimum atomic E-state index is -0.845. The molecule has 2 aliphatic heterocycles. The SMILES string of the molecule is CC(C)(C)c1cc(/C=C2\C(=O)NC(=O)N(c3ccc4c(c3)OCO4)C2=O)cc(C(C)(C)C)c1O. The minimum absolute atomic E-state index is 0.0512. The fourth-order valence-electron chi connectivity index (χ4n) is 3.97. The van der Waals surface area contributed by atoms with Crippen LogP contribution in [0.4, 0.5) is 10.5 Å². The second-order valence-corrected chi connectivity index (χ2v) is 10.5. The highest BCUT2D eigenvalue weighted by molar-refractivity contribution is 6.39. The maximum Gasteiger partial charge on any atom is 0.335 e. The molecule has 0 aromatic heterocycles. The third-order valence-corrected chi connectivity index (χ3v) is 5.78. The molecule has 2 aromatic carbocycles. The molecule has 1 fully saturated rings. The maximum atomic E-state index is 13.3. The molecule has 34 heavy (non-hydrogen) atoms. The molecule has 4 rings (SSSR count). The van der Waals surface area contributed by atoms with Crippen LogP contribution in [-0.4, -0.2) is 29.7 Å². The molecular formula is C26H28N2O6. The molecule has 4 amide bonds. The molecule has 0 unspecified atom stereocenters. The zero-order valence-electron chi connectivity index (χ0n) is 20.1. The summed E-state index contributed by atoms with van der Waals surface area (Å²) >= 11 is 0. The van der Waals surface area contributed by atoms with E-state index in [1.54, 1.807) is 24.3 Å². The number of ether oxygens (including phenoxy) is 2. The van der Waals surface area contributed by atoms with Gasteiger partial charge in [-0.25, -0.2) is 9.69 Å². The zero-order valence-corrected chi connectivity index (χ0v) is 20.1. The topological polar surface area (TPSA) is 105 Å². The number of rotatable bonds is 2. The Balaban J connectivity index is 1.81. The van der Waals surface area contributed by atoms with E-state index in [0.29, 0.717) is 28.2 Å². The molecule has 178 valence electrons. The smallest absolute Gasteiger partial charge is 0.335 e. The van der Waals surface area contributed by atoms with E-state index >= 15 is 0 Å². The van der Waals surface area contributed by atoms with E-state index in [0.717, 1.165) is 4.90 Å². The van der Waals surface area contributed by atoms with Crippen molar-refractivity contribution in [3.05, 3.63) is 52.6 Å². The summed E-state index contributed by atoms with van der Waals surface area (Å²) in [6.07, 6.45) is 1.45. The predicted molar refractivity (Wildman–Crippen MR) is 127 cm³/mol. The van der Waals surface area contributed by atoms with Crippen molar-refractivity contribution < 1.29 is 29.0 Å². The van der Waals surface area contributed by atoms with Crippen molar-refractivity contribution in [2.75, 3.05) is 11.7 Å². The number of urea groups is 1. The third-order valence-electron chi connectivity index (χ3n) is 5.78. The number of carbonyl (C=O) groups excluding carboxylic acids is 3. The second kappa shape index (κ2) is 7.90.